The Bertz CT molecular complexity index is 562. The van der Waals surface area contributed by atoms with E-state index in [2.05, 4.69) is 13.8 Å². The second-order valence-corrected chi connectivity index (χ2v) is 8.28. The van der Waals surface area contributed by atoms with E-state index < -0.39 is 0 Å². The molecule has 0 aliphatic carbocycles. The molecule has 1 aromatic heterocycles. The standard InChI is InChI=1S/C18H26N2O2S/c1-12-9-13(2)11-20(10-12)18(22)14-6-7-16(21)19(3)17(14)15-5-4-8-23-15/h4-5,8,12-14,17H,6-7,9-11H2,1-3H3/t12-,13+,14-,17-/m0/s1. The second kappa shape index (κ2) is 6.63. The van der Waals surface area contributed by atoms with E-state index in [1.807, 2.05) is 29.5 Å². The van der Waals surface area contributed by atoms with Crippen molar-refractivity contribution in [1.82, 2.24) is 9.80 Å². The summed E-state index contributed by atoms with van der Waals surface area (Å²) in [6.45, 7) is 6.16. The Kier molecular flexibility index (Phi) is 4.76. The number of rotatable bonds is 2. The first-order valence-corrected chi connectivity index (χ1v) is 9.43. The van der Waals surface area contributed by atoms with E-state index in [1.165, 1.54) is 6.42 Å². The molecule has 3 rings (SSSR count). The molecule has 2 aliphatic rings. The minimum atomic E-state index is -0.103. The van der Waals surface area contributed by atoms with Gasteiger partial charge in [-0.25, -0.2) is 0 Å². The molecule has 0 spiro atoms. The van der Waals surface area contributed by atoms with Crippen LogP contribution in [-0.4, -0.2) is 41.8 Å². The number of nitrogens with zero attached hydrogens (tertiary/aromatic N) is 2. The number of thiophene rings is 1. The summed E-state index contributed by atoms with van der Waals surface area (Å²) < 4.78 is 0. The predicted octanol–water partition coefficient (Wildman–Crippen LogP) is 3.16. The first-order valence-electron chi connectivity index (χ1n) is 8.55. The lowest BCUT2D eigenvalue weighted by Crippen LogP contribution is -2.50. The molecule has 4 nitrogen and oxygen atoms in total. The molecule has 1 aromatic rings. The maximum Gasteiger partial charge on any atom is 0.228 e. The van der Waals surface area contributed by atoms with Crippen molar-refractivity contribution in [2.75, 3.05) is 20.1 Å². The molecule has 0 unspecified atom stereocenters. The van der Waals surface area contributed by atoms with Gasteiger partial charge in [0, 0.05) is 31.4 Å². The van der Waals surface area contributed by atoms with Crippen molar-refractivity contribution in [1.29, 1.82) is 0 Å². The highest BCUT2D eigenvalue weighted by Gasteiger charge is 2.42. The molecule has 2 aliphatic heterocycles. The van der Waals surface area contributed by atoms with Gasteiger partial charge in [0.1, 0.15) is 0 Å². The lowest BCUT2D eigenvalue weighted by molar-refractivity contribution is -0.148. The first kappa shape index (κ1) is 16.5. The van der Waals surface area contributed by atoms with Crippen LogP contribution in [0.1, 0.15) is 44.0 Å². The summed E-state index contributed by atoms with van der Waals surface area (Å²) in [7, 11) is 1.84. The van der Waals surface area contributed by atoms with E-state index in [1.54, 1.807) is 16.2 Å². The van der Waals surface area contributed by atoms with Crippen molar-refractivity contribution in [2.24, 2.45) is 17.8 Å². The van der Waals surface area contributed by atoms with Crippen LogP contribution in [0.3, 0.4) is 0 Å². The summed E-state index contributed by atoms with van der Waals surface area (Å²) in [5.74, 6) is 1.40. The monoisotopic (exact) mass is 334 g/mol. The molecule has 0 bridgehead atoms. The van der Waals surface area contributed by atoms with Gasteiger partial charge in [-0.05, 0) is 36.1 Å². The minimum absolute atomic E-state index is 0.101. The van der Waals surface area contributed by atoms with Gasteiger partial charge in [0.25, 0.3) is 0 Å². The van der Waals surface area contributed by atoms with Crippen LogP contribution in [-0.2, 0) is 9.59 Å². The molecule has 4 atom stereocenters. The van der Waals surface area contributed by atoms with Gasteiger partial charge >= 0.3 is 0 Å². The van der Waals surface area contributed by atoms with Gasteiger partial charge in [-0.2, -0.15) is 0 Å². The second-order valence-electron chi connectivity index (χ2n) is 7.30. The SMILES string of the molecule is C[C@@H]1C[C@H](C)CN(C(=O)[C@H]2CCC(=O)N(C)[C@@H]2c2cccs2)C1. The average molecular weight is 334 g/mol. The highest BCUT2D eigenvalue weighted by atomic mass is 32.1. The van der Waals surface area contributed by atoms with Crippen molar-refractivity contribution in [2.45, 2.75) is 39.2 Å². The third-order valence-corrected chi connectivity index (χ3v) is 6.14. The van der Waals surface area contributed by atoms with Gasteiger partial charge in [0.2, 0.25) is 11.8 Å². The van der Waals surface area contributed by atoms with E-state index in [9.17, 15) is 9.59 Å². The van der Waals surface area contributed by atoms with Crippen LogP contribution in [0.4, 0.5) is 0 Å². The fourth-order valence-corrected chi connectivity index (χ4v) is 5.16. The molecule has 126 valence electrons. The van der Waals surface area contributed by atoms with Gasteiger partial charge < -0.3 is 9.80 Å². The van der Waals surface area contributed by atoms with Crippen molar-refractivity contribution in [3.63, 3.8) is 0 Å². The summed E-state index contributed by atoms with van der Waals surface area (Å²) in [5.41, 5.74) is 0. The molecule has 0 saturated carbocycles. The van der Waals surface area contributed by atoms with E-state index in [0.29, 0.717) is 24.7 Å². The van der Waals surface area contributed by atoms with Crippen LogP contribution >= 0.6 is 11.3 Å². The van der Waals surface area contributed by atoms with E-state index in [0.717, 1.165) is 18.0 Å². The number of piperidine rings is 2. The third kappa shape index (κ3) is 3.30. The summed E-state index contributed by atoms with van der Waals surface area (Å²) in [6.07, 6.45) is 2.35. The Hall–Kier alpha value is -1.36. The number of amides is 2. The van der Waals surface area contributed by atoms with Gasteiger partial charge in [-0.1, -0.05) is 19.9 Å². The Labute approximate surface area is 142 Å². The van der Waals surface area contributed by atoms with Crippen LogP contribution in [0.25, 0.3) is 0 Å². The Morgan fingerprint density at radius 1 is 1.26 bits per heavy atom. The molecule has 3 heterocycles. The molecule has 0 radical (unpaired) electrons. The number of hydrogen-bond donors (Lipinski definition) is 0. The zero-order valence-electron chi connectivity index (χ0n) is 14.2. The molecule has 2 saturated heterocycles. The Morgan fingerprint density at radius 3 is 2.57 bits per heavy atom. The van der Waals surface area contributed by atoms with E-state index >= 15 is 0 Å². The molecule has 23 heavy (non-hydrogen) atoms. The summed E-state index contributed by atoms with van der Waals surface area (Å²) in [6, 6.07) is 3.95. The normalized spacial score (nSPS) is 32.2. The minimum Gasteiger partial charge on any atom is -0.342 e. The van der Waals surface area contributed by atoms with Crippen molar-refractivity contribution in [3.8, 4) is 0 Å². The topological polar surface area (TPSA) is 40.6 Å². The molecular weight excluding hydrogens is 308 g/mol. The number of likely N-dealkylation sites (tertiary alicyclic amines) is 2. The summed E-state index contributed by atoms with van der Waals surface area (Å²) >= 11 is 1.64. The number of carbonyl (C=O) groups is 2. The van der Waals surface area contributed by atoms with Crippen LogP contribution < -0.4 is 0 Å². The lowest BCUT2D eigenvalue weighted by Gasteiger charge is -2.42. The molecule has 5 heteroatoms. The van der Waals surface area contributed by atoms with Crippen LogP contribution in [0.2, 0.25) is 0 Å². The summed E-state index contributed by atoms with van der Waals surface area (Å²) in [5, 5.41) is 2.02. The quantitative estimate of drug-likeness (QED) is 0.833. The number of carbonyl (C=O) groups excluding carboxylic acids is 2. The van der Waals surface area contributed by atoms with E-state index in [4.69, 9.17) is 0 Å². The average Bonchev–Trinajstić information content (AvgIpc) is 3.02. The first-order chi connectivity index (χ1) is 11.0. The Morgan fingerprint density at radius 2 is 1.96 bits per heavy atom. The Balaban J connectivity index is 1.84. The molecule has 2 fully saturated rings. The molecular formula is C18H26N2O2S. The maximum absolute atomic E-state index is 13.2. The number of hydrogen-bond acceptors (Lipinski definition) is 3. The fourth-order valence-electron chi connectivity index (χ4n) is 4.22. The van der Waals surface area contributed by atoms with Gasteiger partial charge in [-0.15, -0.1) is 11.3 Å². The van der Waals surface area contributed by atoms with Crippen LogP contribution in [0, 0.1) is 17.8 Å². The zero-order valence-corrected chi connectivity index (χ0v) is 15.0. The molecule has 2 amide bonds. The third-order valence-electron chi connectivity index (χ3n) is 5.19. The predicted molar refractivity (Wildman–Crippen MR) is 92.1 cm³/mol. The van der Waals surface area contributed by atoms with E-state index in [-0.39, 0.29) is 23.8 Å². The van der Waals surface area contributed by atoms with Gasteiger partial charge in [-0.3, -0.25) is 9.59 Å². The maximum atomic E-state index is 13.2. The zero-order chi connectivity index (χ0) is 16.6. The van der Waals surface area contributed by atoms with Gasteiger partial charge in [0.05, 0.1) is 12.0 Å². The summed E-state index contributed by atoms with van der Waals surface area (Å²) in [4.78, 5) is 30.3. The fraction of sp³-hybridized carbons (Fsp3) is 0.667. The van der Waals surface area contributed by atoms with Crippen molar-refractivity contribution < 1.29 is 9.59 Å². The highest BCUT2D eigenvalue weighted by Crippen LogP contribution is 2.39. The van der Waals surface area contributed by atoms with Gasteiger partial charge in [0.15, 0.2) is 0 Å². The van der Waals surface area contributed by atoms with Crippen molar-refractivity contribution >= 4 is 23.2 Å². The largest absolute Gasteiger partial charge is 0.342 e. The van der Waals surface area contributed by atoms with Crippen LogP contribution in [0.15, 0.2) is 17.5 Å². The lowest BCUT2D eigenvalue weighted by atomic mass is 9.85. The smallest absolute Gasteiger partial charge is 0.228 e. The molecule has 0 N–H and O–H groups in total. The van der Waals surface area contributed by atoms with Crippen molar-refractivity contribution in [3.05, 3.63) is 22.4 Å². The van der Waals surface area contributed by atoms with Crippen LogP contribution in [0.5, 0.6) is 0 Å². The highest BCUT2D eigenvalue weighted by molar-refractivity contribution is 7.10. The molecule has 0 aromatic carbocycles.